The van der Waals surface area contributed by atoms with Gasteiger partial charge in [-0.15, -0.1) is 0 Å². The third-order valence-electron chi connectivity index (χ3n) is 21.0. The molecule has 0 N–H and O–H groups in total. The van der Waals surface area contributed by atoms with Gasteiger partial charge in [0.1, 0.15) is 0 Å². The Hall–Kier alpha value is -10.1. The largest absolute Gasteiger partial charge is 0.311 e. The minimum absolute atomic E-state index is 0.0649. The Morgan fingerprint density at radius 1 is 0.258 bits per heavy atom. The minimum Gasteiger partial charge on any atom is -0.311 e. The van der Waals surface area contributed by atoms with Crippen LogP contribution < -0.4 is 26.2 Å². The molecule has 0 amide bonds. The van der Waals surface area contributed by atoms with Gasteiger partial charge in [-0.3, -0.25) is 0 Å². The maximum atomic E-state index is 2.69. The van der Waals surface area contributed by atoms with E-state index in [1.165, 1.54) is 138 Å². The first kappa shape index (κ1) is 61.8. The van der Waals surface area contributed by atoms with Gasteiger partial charge >= 0.3 is 0 Å². The van der Waals surface area contributed by atoms with Crippen LogP contribution in [0.3, 0.4) is 0 Å². The second kappa shape index (κ2) is 22.2. The van der Waals surface area contributed by atoms with Crippen molar-refractivity contribution in [2.24, 2.45) is 0 Å². The summed E-state index contributed by atoms with van der Waals surface area (Å²) in [6, 6.07) is 98.1. The van der Waals surface area contributed by atoms with Crippen molar-refractivity contribution in [1.82, 2.24) is 9.13 Å². The first-order chi connectivity index (χ1) is 46.3. The zero-order valence-electron chi connectivity index (χ0n) is 59.1. The summed E-state index contributed by atoms with van der Waals surface area (Å²) in [6.45, 7) is 35.2. The Morgan fingerprint density at radius 3 is 1.24 bits per heavy atom. The molecule has 2 aromatic heterocycles. The molecule has 5 heteroatoms. The number of anilines is 6. The Balaban J connectivity index is 1.05. The van der Waals surface area contributed by atoms with Gasteiger partial charge in [-0.2, -0.15) is 0 Å². The lowest BCUT2D eigenvalue weighted by molar-refractivity contribution is 0.569. The van der Waals surface area contributed by atoms with Crippen LogP contribution in [0.1, 0.15) is 132 Å². The fourth-order valence-electron chi connectivity index (χ4n) is 15.6. The summed E-state index contributed by atoms with van der Waals surface area (Å²) in [7, 11) is 0. The monoisotopic (exact) mass is 1260 g/mol. The van der Waals surface area contributed by atoms with Crippen LogP contribution in [0, 0.1) is 0 Å². The van der Waals surface area contributed by atoms with Gasteiger partial charge in [0.25, 0.3) is 6.71 Å². The molecule has 0 unspecified atom stereocenters. The van der Waals surface area contributed by atoms with Gasteiger partial charge < -0.3 is 18.9 Å². The SMILES string of the molecule is CC(C)(C)c1cc(-c2ccc3c(c2)N(c2ccc(C(C)(C)C)cc2-c2ccccc2)c2cc(C(C)(C)C)cc4c2B3c2ccc(-n3c5ccccc5c5ccc6c(c7ccccc7n6-c6ccccc6)c53)cc2N4c2ccc(C(C)(C)C)cc2-c2ccccc2)cc(C(C)(C)C)c1. The summed E-state index contributed by atoms with van der Waals surface area (Å²) < 4.78 is 5.05. The number of fused-ring (bicyclic) bond motifs is 11. The van der Waals surface area contributed by atoms with Crippen molar-refractivity contribution in [3.8, 4) is 44.8 Å². The molecule has 12 aromatic carbocycles. The van der Waals surface area contributed by atoms with Crippen LogP contribution in [0.4, 0.5) is 34.1 Å². The van der Waals surface area contributed by atoms with Crippen LogP contribution in [0.15, 0.2) is 255 Å². The van der Waals surface area contributed by atoms with Crippen molar-refractivity contribution in [2.45, 2.75) is 131 Å². The van der Waals surface area contributed by atoms with Crippen molar-refractivity contribution >= 4 is 101 Å². The van der Waals surface area contributed by atoms with E-state index >= 15 is 0 Å². The number of hydrogen-bond donors (Lipinski definition) is 0. The molecule has 0 atom stereocenters. The molecule has 0 fully saturated rings. The molecule has 14 aromatic rings. The number of rotatable bonds is 7. The van der Waals surface area contributed by atoms with Crippen LogP contribution >= 0.6 is 0 Å². The third kappa shape index (κ3) is 10.2. The molecule has 16 rings (SSSR count). The molecule has 4 nitrogen and oxygen atoms in total. The first-order valence-electron chi connectivity index (χ1n) is 34.9. The minimum atomic E-state index is -0.261. The highest BCUT2D eigenvalue weighted by atomic mass is 15.2. The lowest BCUT2D eigenvalue weighted by atomic mass is 9.33. The normalized spacial score (nSPS) is 13.5. The number of nitrogens with zero attached hydrogens (tertiary/aromatic N) is 4. The lowest BCUT2D eigenvalue weighted by Crippen LogP contribution is -2.61. The van der Waals surface area contributed by atoms with Gasteiger partial charge in [0, 0.05) is 66.8 Å². The van der Waals surface area contributed by atoms with Gasteiger partial charge in [0.15, 0.2) is 0 Å². The zero-order valence-corrected chi connectivity index (χ0v) is 59.1. The number of aromatic nitrogens is 2. The molecule has 0 aliphatic carbocycles. The molecule has 97 heavy (non-hydrogen) atoms. The molecular formula is C92H87BN4. The van der Waals surface area contributed by atoms with E-state index in [4.69, 9.17) is 0 Å². The van der Waals surface area contributed by atoms with Crippen LogP contribution in [-0.4, -0.2) is 15.8 Å². The van der Waals surface area contributed by atoms with E-state index in [-0.39, 0.29) is 33.8 Å². The molecule has 478 valence electrons. The predicted molar refractivity (Wildman–Crippen MR) is 419 cm³/mol. The highest BCUT2D eigenvalue weighted by molar-refractivity contribution is 7.00. The fourth-order valence-corrected chi connectivity index (χ4v) is 15.6. The van der Waals surface area contributed by atoms with Crippen LogP contribution in [0.5, 0.6) is 0 Å². The third-order valence-corrected chi connectivity index (χ3v) is 21.0. The van der Waals surface area contributed by atoms with Crippen LogP contribution in [0.25, 0.3) is 88.4 Å². The number of hydrogen-bond acceptors (Lipinski definition) is 2. The van der Waals surface area contributed by atoms with E-state index in [9.17, 15) is 0 Å². The number of para-hydroxylation sites is 3. The molecule has 4 heterocycles. The number of benzene rings is 12. The van der Waals surface area contributed by atoms with Gasteiger partial charge in [-0.25, -0.2) is 0 Å². The summed E-state index contributed by atoms with van der Waals surface area (Å²) in [5.74, 6) is 0. The molecule has 0 spiro atoms. The smallest absolute Gasteiger partial charge is 0.252 e. The second-order valence-corrected chi connectivity index (χ2v) is 32.7. The topological polar surface area (TPSA) is 16.3 Å². The maximum Gasteiger partial charge on any atom is 0.252 e. The van der Waals surface area contributed by atoms with Crippen molar-refractivity contribution < 1.29 is 0 Å². The predicted octanol–water partition coefficient (Wildman–Crippen LogP) is 23.5. The fraction of sp³-hybridized carbons (Fsp3) is 0.217. The van der Waals surface area contributed by atoms with Crippen molar-refractivity contribution in [3.63, 3.8) is 0 Å². The summed E-state index contributed by atoms with van der Waals surface area (Å²) in [4.78, 5) is 5.37. The molecule has 0 bridgehead atoms. The summed E-state index contributed by atoms with van der Waals surface area (Å²) in [5.41, 5.74) is 31.0. The van der Waals surface area contributed by atoms with Crippen molar-refractivity contribution in [2.75, 3.05) is 9.80 Å². The Bertz CT molecular complexity index is 5440. The highest BCUT2D eigenvalue weighted by Gasteiger charge is 2.46. The standard InChI is InChI=1S/C92H87BN4/c1-88(2,3)62-40-46-78(72(53-62)58-29-19-16-20-30-58)96-81-51-60(61-49-64(90(7,8)9)52-65(50-61)91(10,11)12)39-44-74(81)93-75-45-42-68(95-76-37-27-25-35-69(76)70-43-48-80-85(87(70)95)71-36-26-28-38-77(71)94(80)67-33-23-18-24-34-67)57-82(75)97(84-56-66(92(13,14)15)55-83(96)86(84)93)79-47-41-63(89(4,5)6)54-73(79)59-31-21-17-22-32-59/h16-57H,1-15H3. The van der Waals surface area contributed by atoms with E-state index < -0.39 is 0 Å². The highest BCUT2D eigenvalue weighted by Crippen LogP contribution is 2.53. The Morgan fingerprint density at radius 2 is 0.711 bits per heavy atom. The summed E-state index contributed by atoms with van der Waals surface area (Å²) >= 11 is 0. The van der Waals surface area contributed by atoms with Crippen LogP contribution in [0.2, 0.25) is 0 Å². The Labute approximate surface area is 574 Å². The molecule has 0 saturated heterocycles. The second-order valence-electron chi connectivity index (χ2n) is 32.7. The van der Waals surface area contributed by atoms with Gasteiger partial charge in [-0.05, 0) is 178 Å². The van der Waals surface area contributed by atoms with Gasteiger partial charge in [0.2, 0.25) is 0 Å². The average molecular weight is 1260 g/mol. The molecule has 0 saturated carbocycles. The molecule has 2 aliphatic rings. The molecule has 0 radical (unpaired) electrons. The van der Waals surface area contributed by atoms with E-state index in [0.717, 1.165) is 28.4 Å². The average Bonchev–Trinajstić information content (AvgIpc) is 1.41. The van der Waals surface area contributed by atoms with E-state index in [1.54, 1.807) is 0 Å². The molecule has 2 aliphatic heterocycles. The van der Waals surface area contributed by atoms with Gasteiger partial charge in [0.05, 0.1) is 33.4 Å². The zero-order chi connectivity index (χ0) is 67.4. The Kier molecular flexibility index (Phi) is 14.2. The maximum absolute atomic E-state index is 2.69. The van der Waals surface area contributed by atoms with Crippen molar-refractivity contribution in [1.29, 1.82) is 0 Å². The lowest BCUT2D eigenvalue weighted by Gasteiger charge is -2.46. The quantitative estimate of drug-likeness (QED) is 0.148. The van der Waals surface area contributed by atoms with E-state index in [1.807, 2.05) is 0 Å². The summed E-state index contributed by atoms with van der Waals surface area (Å²) in [6.07, 6.45) is 0. The van der Waals surface area contributed by atoms with E-state index in [0.29, 0.717) is 0 Å². The van der Waals surface area contributed by atoms with Crippen LogP contribution in [-0.2, 0) is 27.1 Å². The summed E-state index contributed by atoms with van der Waals surface area (Å²) in [5, 5.41) is 4.92. The van der Waals surface area contributed by atoms with E-state index in [2.05, 4.69) is 378 Å². The van der Waals surface area contributed by atoms with Gasteiger partial charge in [-0.1, -0.05) is 274 Å². The first-order valence-corrected chi connectivity index (χ1v) is 34.9. The van der Waals surface area contributed by atoms with Crippen molar-refractivity contribution in [3.05, 3.63) is 283 Å². The molecular weight excluding hydrogens is 1170 g/mol.